The summed E-state index contributed by atoms with van der Waals surface area (Å²) in [5.41, 5.74) is 0.0888. The Morgan fingerprint density at radius 3 is 2.53 bits per heavy atom. The molecule has 1 rings (SSSR count). The number of halogens is 4. The molecule has 1 aromatic rings. The van der Waals surface area contributed by atoms with Gasteiger partial charge in [0.2, 0.25) is 0 Å². The molecule has 1 aromatic carbocycles. The largest absolute Gasteiger partial charge is 0.481 e. The van der Waals surface area contributed by atoms with E-state index >= 15 is 0 Å². The van der Waals surface area contributed by atoms with Crippen molar-refractivity contribution in [1.82, 2.24) is 0 Å². The van der Waals surface area contributed by atoms with Crippen molar-refractivity contribution in [2.45, 2.75) is 12.5 Å². The zero-order valence-corrected chi connectivity index (χ0v) is 8.42. The van der Waals surface area contributed by atoms with E-state index in [0.717, 1.165) is 18.2 Å². The molecular formula is C10H8F4O3. The molecule has 7 heteroatoms. The first kappa shape index (κ1) is 13.3. The minimum absolute atomic E-state index is 0.0888. The lowest BCUT2D eigenvalue weighted by Crippen LogP contribution is -2.27. The molecule has 94 valence electrons. The summed E-state index contributed by atoms with van der Waals surface area (Å²) >= 11 is 0. The van der Waals surface area contributed by atoms with Crippen LogP contribution in [0.2, 0.25) is 0 Å². The highest BCUT2D eigenvalue weighted by molar-refractivity contribution is 5.70. The average molecular weight is 252 g/mol. The Morgan fingerprint density at radius 2 is 2.06 bits per heavy atom. The maximum absolute atomic E-state index is 13.2. The average Bonchev–Trinajstić information content (AvgIpc) is 2.21. The number of carboxylic acids is 1. The number of carboxylic acid groups (broad SMARTS) is 1. The second kappa shape index (κ2) is 5.03. The third-order valence-electron chi connectivity index (χ3n) is 1.77. The second-order valence-electron chi connectivity index (χ2n) is 3.21. The Hall–Kier alpha value is -1.79. The minimum atomic E-state index is -4.10. The molecule has 0 heterocycles. The molecular weight excluding hydrogens is 244 g/mol. The summed E-state index contributed by atoms with van der Waals surface area (Å²) in [6.07, 6.45) is -4.55. The van der Waals surface area contributed by atoms with Crippen LogP contribution in [0.1, 0.15) is 5.56 Å². The molecule has 17 heavy (non-hydrogen) atoms. The molecule has 0 aromatic heterocycles. The van der Waals surface area contributed by atoms with Crippen LogP contribution in [0.5, 0.6) is 5.75 Å². The predicted molar refractivity (Wildman–Crippen MR) is 49.3 cm³/mol. The summed E-state index contributed by atoms with van der Waals surface area (Å²) in [5, 5.41) is 8.43. The van der Waals surface area contributed by atoms with Crippen LogP contribution in [0.3, 0.4) is 0 Å². The molecule has 0 aliphatic rings. The quantitative estimate of drug-likeness (QED) is 0.818. The highest BCUT2D eigenvalue weighted by Crippen LogP contribution is 2.25. The molecule has 0 unspecified atom stereocenters. The van der Waals surface area contributed by atoms with Gasteiger partial charge in [0.05, 0.1) is 6.42 Å². The summed E-state index contributed by atoms with van der Waals surface area (Å²) < 4.78 is 53.7. The highest BCUT2D eigenvalue weighted by Gasteiger charge is 2.32. The lowest BCUT2D eigenvalue weighted by molar-refractivity contribution is -0.187. The van der Waals surface area contributed by atoms with E-state index in [2.05, 4.69) is 4.74 Å². The van der Waals surface area contributed by atoms with Crippen molar-refractivity contribution in [2.75, 3.05) is 6.67 Å². The zero-order valence-electron chi connectivity index (χ0n) is 8.42. The van der Waals surface area contributed by atoms with E-state index in [1.165, 1.54) is 0 Å². The van der Waals surface area contributed by atoms with Crippen molar-refractivity contribution in [3.05, 3.63) is 29.6 Å². The van der Waals surface area contributed by atoms with Crippen LogP contribution in [0.4, 0.5) is 17.6 Å². The third-order valence-corrected chi connectivity index (χ3v) is 1.77. The van der Waals surface area contributed by atoms with Crippen LogP contribution in [0.15, 0.2) is 18.2 Å². The maximum Gasteiger partial charge on any atom is 0.427 e. The monoisotopic (exact) mass is 252 g/mol. The Bertz CT molecular complexity index is 420. The molecule has 0 fully saturated rings. The van der Waals surface area contributed by atoms with Crippen LogP contribution in [-0.4, -0.2) is 23.9 Å². The van der Waals surface area contributed by atoms with Gasteiger partial charge in [-0.05, 0) is 17.7 Å². The van der Waals surface area contributed by atoms with Gasteiger partial charge in [-0.15, -0.1) is 0 Å². The fraction of sp³-hybridized carbons (Fsp3) is 0.300. The van der Waals surface area contributed by atoms with Crippen molar-refractivity contribution in [3.8, 4) is 5.75 Å². The van der Waals surface area contributed by atoms with Gasteiger partial charge in [-0.1, -0.05) is 6.07 Å². The van der Waals surface area contributed by atoms with Gasteiger partial charge in [0.1, 0.15) is 0 Å². The number of benzene rings is 1. The van der Waals surface area contributed by atoms with Gasteiger partial charge in [0, 0.05) is 0 Å². The van der Waals surface area contributed by atoms with E-state index in [0.29, 0.717) is 0 Å². The van der Waals surface area contributed by atoms with E-state index in [9.17, 15) is 22.4 Å². The van der Waals surface area contributed by atoms with Crippen LogP contribution >= 0.6 is 0 Å². The fourth-order valence-electron chi connectivity index (χ4n) is 1.10. The topological polar surface area (TPSA) is 46.5 Å². The first-order valence-electron chi connectivity index (χ1n) is 4.47. The van der Waals surface area contributed by atoms with E-state index in [1.54, 1.807) is 0 Å². The lowest BCUT2D eigenvalue weighted by Gasteiger charge is -2.15. The Kier molecular flexibility index (Phi) is 3.93. The number of aliphatic carboxylic acids is 1. The molecule has 0 atom stereocenters. The van der Waals surface area contributed by atoms with Crippen molar-refractivity contribution < 1.29 is 32.2 Å². The van der Waals surface area contributed by atoms with E-state index in [4.69, 9.17) is 5.11 Å². The summed E-state index contributed by atoms with van der Waals surface area (Å²) in [5.74, 6) is -3.19. The zero-order chi connectivity index (χ0) is 13.1. The van der Waals surface area contributed by atoms with Crippen molar-refractivity contribution in [3.63, 3.8) is 0 Å². The van der Waals surface area contributed by atoms with Gasteiger partial charge in [-0.25, -0.2) is 8.78 Å². The fourth-order valence-corrected chi connectivity index (χ4v) is 1.10. The molecule has 0 saturated carbocycles. The van der Waals surface area contributed by atoms with Gasteiger partial charge in [0.15, 0.2) is 18.2 Å². The standard InChI is InChI=1S/C10H8F4O3/c11-5-10(13,14)17-8-2-1-6(3-7(8)12)4-9(15)16/h1-3H,4-5H2,(H,15,16). The van der Waals surface area contributed by atoms with Gasteiger partial charge in [0.25, 0.3) is 0 Å². The van der Waals surface area contributed by atoms with E-state index < -0.39 is 36.7 Å². The Balaban J connectivity index is 2.86. The molecule has 0 amide bonds. The SMILES string of the molecule is O=C(O)Cc1ccc(OC(F)(F)CF)c(F)c1. The molecule has 1 N–H and O–H groups in total. The molecule has 0 radical (unpaired) electrons. The van der Waals surface area contributed by atoms with Crippen molar-refractivity contribution in [1.29, 1.82) is 0 Å². The Labute approximate surface area is 93.6 Å². The molecule has 0 aliphatic heterocycles. The summed E-state index contributed by atoms with van der Waals surface area (Å²) in [6.45, 7) is -2.08. The van der Waals surface area contributed by atoms with Gasteiger partial charge in [-0.2, -0.15) is 8.78 Å². The lowest BCUT2D eigenvalue weighted by atomic mass is 10.1. The molecule has 0 saturated heterocycles. The molecule has 0 spiro atoms. The number of ether oxygens (including phenoxy) is 1. The first-order valence-corrected chi connectivity index (χ1v) is 4.47. The number of hydrogen-bond acceptors (Lipinski definition) is 2. The van der Waals surface area contributed by atoms with Gasteiger partial charge in [-0.3, -0.25) is 4.79 Å². The number of alkyl halides is 3. The highest BCUT2D eigenvalue weighted by atomic mass is 19.3. The maximum atomic E-state index is 13.2. The number of carbonyl (C=O) groups is 1. The van der Waals surface area contributed by atoms with Crippen LogP contribution in [0.25, 0.3) is 0 Å². The summed E-state index contributed by atoms with van der Waals surface area (Å²) in [4.78, 5) is 10.3. The first-order chi connectivity index (χ1) is 7.84. The summed E-state index contributed by atoms with van der Waals surface area (Å²) in [7, 11) is 0. The van der Waals surface area contributed by atoms with E-state index in [1.807, 2.05) is 0 Å². The summed E-state index contributed by atoms with van der Waals surface area (Å²) in [6, 6.07) is 2.69. The second-order valence-corrected chi connectivity index (χ2v) is 3.21. The predicted octanol–water partition coefficient (Wildman–Crippen LogP) is 2.39. The van der Waals surface area contributed by atoms with Gasteiger partial charge >= 0.3 is 12.1 Å². The van der Waals surface area contributed by atoms with Crippen molar-refractivity contribution in [2.24, 2.45) is 0 Å². The number of rotatable bonds is 5. The molecule has 0 bridgehead atoms. The van der Waals surface area contributed by atoms with Crippen LogP contribution < -0.4 is 4.74 Å². The van der Waals surface area contributed by atoms with Gasteiger partial charge < -0.3 is 9.84 Å². The minimum Gasteiger partial charge on any atom is -0.481 e. The smallest absolute Gasteiger partial charge is 0.427 e. The molecule has 0 aliphatic carbocycles. The normalized spacial score (nSPS) is 11.3. The Morgan fingerprint density at radius 1 is 1.41 bits per heavy atom. The number of hydrogen-bond donors (Lipinski definition) is 1. The van der Waals surface area contributed by atoms with Crippen molar-refractivity contribution >= 4 is 5.97 Å². The molecule has 3 nitrogen and oxygen atoms in total. The van der Waals surface area contributed by atoms with E-state index in [-0.39, 0.29) is 5.56 Å². The third kappa shape index (κ3) is 3.93. The van der Waals surface area contributed by atoms with Crippen LogP contribution in [0, 0.1) is 5.82 Å². The van der Waals surface area contributed by atoms with Crippen LogP contribution in [-0.2, 0) is 11.2 Å².